The van der Waals surface area contributed by atoms with Crippen molar-refractivity contribution in [2.45, 2.75) is 33.0 Å². The topological polar surface area (TPSA) is 79.2 Å². The molecule has 0 aromatic carbocycles. The fourth-order valence-electron chi connectivity index (χ4n) is 1.06. The van der Waals surface area contributed by atoms with Gasteiger partial charge in [0.25, 0.3) is 0 Å². The number of aliphatic hydroxyl groups excluding tert-OH is 1. The molecule has 0 saturated carbocycles. The molecule has 0 aromatic heterocycles. The van der Waals surface area contributed by atoms with E-state index >= 15 is 0 Å². The minimum atomic E-state index is -0.641. The molecule has 2 atom stereocenters. The minimum Gasteiger partial charge on any atom is -0.461 e. The van der Waals surface area contributed by atoms with E-state index in [0.717, 1.165) is 5.01 Å². The van der Waals surface area contributed by atoms with Crippen LogP contribution in [0.1, 0.15) is 20.8 Å². The molecule has 0 aliphatic carbocycles. The van der Waals surface area contributed by atoms with Gasteiger partial charge in [-0.3, -0.25) is 9.80 Å². The van der Waals surface area contributed by atoms with Gasteiger partial charge in [-0.1, -0.05) is 0 Å². The Balaban J connectivity index is 3.91. The molecule has 0 heterocycles. The van der Waals surface area contributed by atoms with E-state index in [0.29, 0.717) is 0 Å². The fraction of sp³-hybridized carbons (Fsp3) is 0.875. The first kappa shape index (κ1) is 12.8. The lowest BCUT2D eigenvalue weighted by molar-refractivity contribution is -0.146. The number of aliphatic hydroxyl groups is 1. The maximum absolute atomic E-state index is 10.5. The van der Waals surface area contributed by atoms with Gasteiger partial charge < -0.3 is 9.84 Å². The lowest BCUT2D eigenvalue weighted by atomic mass is 10.3. The van der Waals surface area contributed by atoms with Crippen molar-refractivity contribution in [3.05, 3.63) is 4.91 Å². The molecule has 0 amide bonds. The van der Waals surface area contributed by atoms with Crippen molar-refractivity contribution < 1.29 is 14.6 Å². The molecule has 0 aromatic rings. The Kier molecular flexibility index (Phi) is 5.78. The molecule has 2 unspecified atom stereocenters. The van der Waals surface area contributed by atoms with Crippen molar-refractivity contribution in [1.82, 2.24) is 5.01 Å². The molecule has 6 heteroatoms. The normalized spacial score (nSPS) is 14.3. The Morgan fingerprint density at radius 2 is 2.07 bits per heavy atom. The van der Waals surface area contributed by atoms with Crippen molar-refractivity contribution in [2.24, 2.45) is 5.29 Å². The van der Waals surface area contributed by atoms with Gasteiger partial charge in [0.05, 0.1) is 24.5 Å². The summed E-state index contributed by atoms with van der Waals surface area (Å²) >= 11 is 0. The van der Waals surface area contributed by atoms with Crippen LogP contribution in [0.4, 0.5) is 0 Å². The second-order valence-electron chi connectivity index (χ2n) is 3.22. The molecule has 0 radical (unpaired) electrons. The molecule has 0 rings (SSSR count). The molecule has 0 bridgehead atoms. The van der Waals surface area contributed by atoms with Crippen molar-refractivity contribution >= 4 is 5.97 Å². The summed E-state index contributed by atoms with van der Waals surface area (Å²) in [6, 6.07) is 0. The highest BCUT2D eigenvalue weighted by atomic mass is 16.5. The predicted octanol–water partition coefficient (Wildman–Crippen LogP) is 0.302. The van der Waals surface area contributed by atoms with Gasteiger partial charge in [-0.25, -0.2) is 0 Å². The number of carbonyl (C=O) groups excluding carboxylic acids is 1. The predicted molar refractivity (Wildman–Crippen MR) is 50.3 cm³/mol. The lowest BCUT2D eigenvalue weighted by Crippen LogP contribution is -2.33. The Bertz CT molecular complexity index is 196. The third-order valence-corrected chi connectivity index (χ3v) is 1.43. The molecule has 0 saturated heterocycles. The Morgan fingerprint density at radius 3 is 2.43 bits per heavy atom. The fourth-order valence-corrected chi connectivity index (χ4v) is 1.06. The van der Waals surface area contributed by atoms with Gasteiger partial charge in [-0.15, -0.1) is 4.91 Å². The van der Waals surface area contributed by atoms with Gasteiger partial charge in [0.15, 0.2) is 0 Å². The molecule has 0 aliphatic heterocycles. The highest BCUT2D eigenvalue weighted by Crippen LogP contribution is 1.99. The molecular weight excluding hydrogens is 188 g/mol. The van der Waals surface area contributed by atoms with Crippen LogP contribution >= 0.6 is 0 Å². The maximum atomic E-state index is 10.5. The third-order valence-electron chi connectivity index (χ3n) is 1.43. The van der Waals surface area contributed by atoms with Gasteiger partial charge in [0, 0.05) is 6.92 Å². The van der Waals surface area contributed by atoms with Crippen LogP contribution in [0, 0.1) is 4.91 Å². The molecule has 14 heavy (non-hydrogen) atoms. The average molecular weight is 204 g/mol. The molecule has 0 aliphatic rings. The number of carbonyl (C=O) groups is 1. The first-order chi connectivity index (χ1) is 6.45. The van der Waals surface area contributed by atoms with Gasteiger partial charge in [0.2, 0.25) is 0 Å². The average Bonchev–Trinajstić information content (AvgIpc) is 2.00. The zero-order chi connectivity index (χ0) is 11.1. The van der Waals surface area contributed by atoms with Crippen LogP contribution < -0.4 is 0 Å². The third kappa shape index (κ3) is 6.36. The Morgan fingerprint density at radius 1 is 1.50 bits per heavy atom. The summed E-state index contributed by atoms with van der Waals surface area (Å²) in [6.07, 6.45) is -1.05. The van der Waals surface area contributed by atoms with Crippen LogP contribution in [0.25, 0.3) is 0 Å². The van der Waals surface area contributed by atoms with Crippen LogP contribution in [-0.2, 0) is 9.53 Å². The van der Waals surface area contributed by atoms with E-state index in [4.69, 9.17) is 9.84 Å². The molecule has 82 valence electrons. The summed E-state index contributed by atoms with van der Waals surface area (Å²) in [5.41, 5.74) is 0. The number of rotatable bonds is 6. The van der Waals surface area contributed by atoms with E-state index in [1.54, 1.807) is 13.8 Å². The summed E-state index contributed by atoms with van der Waals surface area (Å²) in [4.78, 5) is 20.8. The molecular formula is C8H16N2O4. The van der Waals surface area contributed by atoms with E-state index in [-0.39, 0.29) is 13.1 Å². The number of nitroso groups, excluding NO2 is 1. The van der Waals surface area contributed by atoms with Crippen LogP contribution in [-0.4, -0.2) is 41.4 Å². The van der Waals surface area contributed by atoms with E-state index in [1.165, 1.54) is 6.92 Å². The van der Waals surface area contributed by atoms with Crippen LogP contribution in [0.2, 0.25) is 0 Å². The second kappa shape index (κ2) is 6.31. The van der Waals surface area contributed by atoms with Gasteiger partial charge in [0.1, 0.15) is 6.10 Å². The zero-order valence-electron chi connectivity index (χ0n) is 8.64. The highest BCUT2D eigenvalue weighted by molar-refractivity contribution is 5.66. The molecule has 6 nitrogen and oxygen atoms in total. The van der Waals surface area contributed by atoms with Gasteiger partial charge >= 0.3 is 5.97 Å². The van der Waals surface area contributed by atoms with E-state index in [9.17, 15) is 9.70 Å². The summed E-state index contributed by atoms with van der Waals surface area (Å²) in [5.74, 6) is -0.402. The Labute approximate surface area is 82.8 Å². The van der Waals surface area contributed by atoms with Crippen molar-refractivity contribution in [1.29, 1.82) is 0 Å². The quantitative estimate of drug-likeness (QED) is 0.382. The summed E-state index contributed by atoms with van der Waals surface area (Å²) in [6.45, 7) is 4.82. The largest absolute Gasteiger partial charge is 0.461 e. The number of nitrogens with zero attached hydrogens (tertiary/aromatic N) is 2. The first-order valence-electron chi connectivity index (χ1n) is 4.39. The lowest BCUT2D eigenvalue weighted by Gasteiger charge is -2.20. The van der Waals surface area contributed by atoms with E-state index in [2.05, 4.69) is 5.29 Å². The number of esters is 1. The van der Waals surface area contributed by atoms with Crippen LogP contribution in [0.5, 0.6) is 0 Å². The molecule has 1 N–H and O–H groups in total. The molecule has 0 spiro atoms. The van der Waals surface area contributed by atoms with Crippen molar-refractivity contribution in [3.8, 4) is 0 Å². The monoisotopic (exact) mass is 204 g/mol. The zero-order valence-corrected chi connectivity index (χ0v) is 8.64. The standard InChI is InChI=1S/C8H16N2O4/c1-6(11)4-10(9-13)5-7(2)14-8(3)12/h6-7,11H,4-5H2,1-3H3. The van der Waals surface area contributed by atoms with Crippen LogP contribution in [0.15, 0.2) is 5.29 Å². The molecule has 0 fully saturated rings. The van der Waals surface area contributed by atoms with Crippen LogP contribution in [0.3, 0.4) is 0 Å². The highest BCUT2D eigenvalue weighted by Gasteiger charge is 2.13. The SMILES string of the molecule is CC(=O)OC(C)CN(CC(C)O)N=O. The van der Waals surface area contributed by atoms with Gasteiger partial charge in [-0.05, 0) is 13.8 Å². The maximum Gasteiger partial charge on any atom is 0.302 e. The smallest absolute Gasteiger partial charge is 0.302 e. The number of hydrogen-bond donors (Lipinski definition) is 1. The van der Waals surface area contributed by atoms with E-state index < -0.39 is 18.2 Å². The number of hydrogen-bond acceptors (Lipinski definition) is 5. The minimum absolute atomic E-state index is 0.134. The summed E-state index contributed by atoms with van der Waals surface area (Å²) in [5, 5.41) is 12.8. The van der Waals surface area contributed by atoms with E-state index in [1.807, 2.05) is 0 Å². The Hall–Kier alpha value is -1.17. The van der Waals surface area contributed by atoms with Gasteiger partial charge in [-0.2, -0.15) is 0 Å². The number of ether oxygens (including phenoxy) is 1. The first-order valence-corrected chi connectivity index (χ1v) is 4.39. The van der Waals surface area contributed by atoms with Crippen molar-refractivity contribution in [3.63, 3.8) is 0 Å². The summed E-state index contributed by atoms with van der Waals surface area (Å²) < 4.78 is 4.80. The summed E-state index contributed by atoms with van der Waals surface area (Å²) in [7, 11) is 0. The van der Waals surface area contributed by atoms with Crippen molar-refractivity contribution in [2.75, 3.05) is 13.1 Å². The second-order valence-corrected chi connectivity index (χ2v) is 3.22.